The lowest BCUT2D eigenvalue weighted by Crippen LogP contribution is -2.53. The minimum atomic E-state index is -4.00. The number of carbonyl (C=O) groups is 1. The molecule has 1 unspecified atom stereocenters. The number of hydrogen-bond acceptors (Lipinski definition) is 5. The van der Waals surface area contributed by atoms with Crippen LogP contribution in [0.3, 0.4) is 0 Å². The number of para-hydroxylation sites is 1. The van der Waals surface area contributed by atoms with Gasteiger partial charge in [0.2, 0.25) is 8.32 Å². The van der Waals surface area contributed by atoms with Crippen molar-refractivity contribution in [3.8, 4) is 5.75 Å². The van der Waals surface area contributed by atoms with Crippen molar-refractivity contribution in [2.24, 2.45) is 0 Å². The van der Waals surface area contributed by atoms with E-state index in [-0.39, 0.29) is 27.9 Å². The third-order valence-electron chi connectivity index (χ3n) is 5.30. The van der Waals surface area contributed by atoms with Gasteiger partial charge in [0.05, 0.1) is 11.5 Å². The van der Waals surface area contributed by atoms with Gasteiger partial charge in [0.15, 0.2) is 15.9 Å². The summed E-state index contributed by atoms with van der Waals surface area (Å²) in [5, 5.41) is 9.69. The number of hydrogen-bond donors (Lipinski definition) is 1. The highest BCUT2D eigenvalue weighted by Gasteiger charge is 2.48. The molecule has 0 amide bonds. The van der Waals surface area contributed by atoms with Crippen molar-refractivity contribution in [3.05, 3.63) is 29.8 Å². The van der Waals surface area contributed by atoms with Gasteiger partial charge in [-0.2, -0.15) is 8.78 Å². The van der Waals surface area contributed by atoms with Crippen LogP contribution in [0.4, 0.5) is 8.78 Å². The van der Waals surface area contributed by atoms with Crippen LogP contribution in [0, 0.1) is 0 Å². The van der Waals surface area contributed by atoms with E-state index in [4.69, 9.17) is 4.43 Å². The third-order valence-corrected chi connectivity index (χ3v) is 13.0. The number of carboxylic acid groups (broad SMARTS) is 1. The monoisotopic (exact) mass is 466 g/mol. The molecule has 30 heavy (non-hydrogen) atoms. The van der Waals surface area contributed by atoms with E-state index in [0.29, 0.717) is 0 Å². The highest BCUT2D eigenvalue weighted by Crippen LogP contribution is 2.43. The molecule has 10 heteroatoms. The molecular formula is C20H32F2O6SSi. The van der Waals surface area contributed by atoms with E-state index in [2.05, 4.69) is 4.74 Å². The number of carboxylic acids is 1. The summed E-state index contributed by atoms with van der Waals surface area (Å²) in [7, 11) is -6.64. The largest absolute Gasteiger partial charge is 0.479 e. The van der Waals surface area contributed by atoms with Crippen LogP contribution in [0.15, 0.2) is 24.3 Å². The van der Waals surface area contributed by atoms with E-state index in [9.17, 15) is 27.1 Å². The van der Waals surface area contributed by atoms with Crippen LogP contribution in [0.1, 0.15) is 47.1 Å². The summed E-state index contributed by atoms with van der Waals surface area (Å²) in [6.45, 7) is 8.72. The maximum Gasteiger partial charge on any atom is 0.387 e. The Bertz CT molecular complexity index is 789. The first-order valence-corrected chi connectivity index (χ1v) is 13.8. The Labute approximate surface area is 178 Å². The first kappa shape index (κ1) is 26.5. The summed E-state index contributed by atoms with van der Waals surface area (Å²) in [5.74, 6) is -2.97. The van der Waals surface area contributed by atoms with Crippen molar-refractivity contribution in [3.63, 3.8) is 0 Å². The Morgan fingerprint density at radius 2 is 1.53 bits per heavy atom. The lowest BCUT2D eigenvalue weighted by molar-refractivity contribution is -0.144. The Morgan fingerprint density at radius 1 is 1.03 bits per heavy atom. The van der Waals surface area contributed by atoms with Crippen molar-refractivity contribution < 1.29 is 36.3 Å². The summed E-state index contributed by atoms with van der Waals surface area (Å²) < 4.78 is 61.3. The minimum Gasteiger partial charge on any atom is -0.479 e. The van der Waals surface area contributed by atoms with Gasteiger partial charge in [-0.1, -0.05) is 59.7 Å². The fourth-order valence-corrected chi connectivity index (χ4v) is 11.3. The summed E-state index contributed by atoms with van der Waals surface area (Å²) >= 11 is 0. The molecule has 0 aliphatic heterocycles. The normalized spacial score (nSPS) is 14.0. The molecule has 0 aliphatic rings. The Hall–Kier alpha value is -1.52. The van der Waals surface area contributed by atoms with Gasteiger partial charge in [-0.05, 0) is 22.7 Å². The highest BCUT2D eigenvalue weighted by atomic mass is 32.2. The highest BCUT2D eigenvalue weighted by molar-refractivity contribution is 7.90. The molecule has 6 nitrogen and oxygen atoms in total. The molecule has 0 spiro atoms. The molecule has 1 atom stereocenters. The van der Waals surface area contributed by atoms with Crippen LogP contribution in [-0.4, -0.2) is 46.3 Å². The van der Waals surface area contributed by atoms with Gasteiger partial charge in [0, 0.05) is 5.56 Å². The van der Waals surface area contributed by atoms with E-state index < -0.39 is 48.3 Å². The van der Waals surface area contributed by atoms with Gasteiger partial charge in [-0.3, -0.25) is 0 Å². The van der Waals surface area contributed by atoms with Crippen LogP contribution in [0.25, 0.3) is 0 Å². The molecule has 1 aromatic carbocycles. The maximum atomic E-state index is 12.8. The number of aliphatic carboxylic acids is 1. The number of ether oxygens (including phenoxy) is 1. The molecule has 0 saturated carbocycles. The van der Waals surface area contributed by atoms with Gasteiger partial charge in [-0.25, -0.2) is 13.2 Å². The predicted octanol–water partition coefficient (Wildman–Crippen LogP) is 4.85. The molecule has 0 bridgehead atoms. The van der Waals surface area contributed by atoms with Crippen LogP contribution in [-0.2, 0) is 24.8 Å². The van der Waals surface area contributed by atoms with Crippen molar-refractivity contribution in [1.82, 2.24) is 0 Å². The SMILES string of the molecule is CC(C)[Si](OC(CS(=O)(=O)Cc1ccccc1OC(F)F)C(=O)O)(C(C)C)C(C)C. The van der Waals surface area contributed by atoms with Crippen LogP contribution < -0.4 is 4.74 Å². The fraction of sp³-hybridized carbons (Fsp3) is 0.650. The molecule has 0 aromatic heterocycles. The van der Waals surface area contributed by atoms with Crippen LogP contribution in [0.5, 0.6) is 5.75 Å². The number of rotatable bonds is 12. The molecule has 0 heterocycles. The summed E-state index contributed by atoms with van der Waals surface area (Å²) in [6, 6.07) is 5.56. The molecule has 1 aromatic rings. The molecule has 0 radical (unpaired) electrons. The van der Waals surface area contributed by atoms with E-state index in [1.54, 1.807) is 0 Å². The molecule has 172 valence electrons. The zero-order valence-corrected chi connectivity index (χ0v) is 20.1. The van der Waals surface area contributed by atoms with E-state index in [1.165, 1.54) is 24.3 Å². The Balaban J connectivity index is 3.18. The van der Waals surface area contributed by atoms with Crippen molar-refractivity contribution in [2.75, 3.05) is 5.75 Å². The standard InChI is InChI=1S/C20H32F2O6SSi/c1-13(2)30(14(3)4,15(5)6)28-18(19(23)24)12-29(25,26)11-16-9-7-8-10-17(16)27-20(21)22/h7-10,13-15,18,20H,11-12H2,1-6H3,(H,23,24). The predicted molar refractivity (Wildman–Crippen MR) is 114 cm³/mol. The summed E-state index contributed by atoms with van der Waals surface area (Å²) in [4.78, 5) is 11.9. The maximum absolute atomic E-state index is 12.8. The second kappa shape index (κ2) is 10.7. The van der Waals surface area contributed by atoms with E-state index in [1.807, 2.05) is 41.5 Å². The van der Waals surface area contributed by atoms with E-state index >= 15 is 0 Å². The average molecular weight is 467 g/mol. The molecule has 0 saturated heterocycles. The van der Waals surface area contributed by atoms with Crippen molar-refractivity contribution in [2.45, 2.75) is 76.6 Å². The zero-order valence-electron chi connectivity index (χ0n) is 18.3. The number of alkyl halides is 2. The van der Waals surface area contributed by atoms with Gasteiger partial charge >= 0.3 is 12.6 Å². The van der Waals surface area contributed by atoms with E-state index in [0.717, 1.165) is 0 Å². The topological polar surface area (TPSA) is 89.9 Å². The first-order valence-electron chi connectivity index (χ1n) is 9.86. The minimum absolute atomic E-state index is 0.0435. The lowest BCUT2D eigenvalue weighted by atomic mass is 10.2. The van der Waals surface area contributed by atoms with Gasteiger partial charge < -0.3 is 14.3 Å². The summed E-state index contributed by atoms with van der Waals surface area (Å²) in [5.41, 5.74) is 0.258. The average Bonchev–Trinajstić information content (AvgIpc) is 2.58. The quantitative estimate of drug-likeness (QED) is 0.443. The molecule has 1 rings (SSSR count). The number of sulfone groups is 1. The van der Waals surface area contributed by atoms with Gasteiger partial charge in [-0.15, -0.1) is 0 Å². The van der Waals surface area contributed by atoms with Crippen LogP contribution >= 0.6 is 0 Å². The first-order chi connectivity index (χ1) is 13.7. The third kappa shape index (κ3) is 6.74. The van der Waals surface area contributed by atoms with Gasteiger partial charge in [0.1, 0.15) is 5.75 Å². The smallest absolute Gasteiger partial charge is 0.387 e. The van der Waals surface area contributed by atoms with Crippen molar-refractivity contribution in [1.29, 1.82) is 0 Å². The van der Waals surface area contributed by atoms with Crippen molar-refractivity contribution >= 4 is 24.1 Å². The number of halogens is 2. The zero-order chi connectivity index (χ0) is 23.3. The van der Waals surface area contributed by atoms with Gasteiger partial charge in [0.25, 0.3) is 0 Å². The molecule has 0 fully saturated rings. The Morgan fingerprint density at radius 3 is 1.97 bits per heavy atom. The molecular weight excluding hydrogens is 434 g/mol. The second-order valence-corrected chi connectivity index (χ2v) is 15.8. The number of benzene rings is 1. The second-order valence-electron chi connectivity index (χ2n) is 8.30. The lowest BCUT2D eigenvalue weighted by Gasteiger charge is -2.43. The fourth-order valence-electron chi connectivity index (χ4n) is 4.17. The molecule has 1 N–H and O–H groups in total. The Kier molecular flexibility index (Phi) is 9.43. The van der Waals surface area contributed by atoms with Crippen LogP contribution in [0.2, 0.25) is 16.6 Å². The summed E-state index contributed by atoms with van der Waals surface area (Å²) in [6.07, 6.45) is -1.53. The molecule has 0 aliphatic carbocycles.